The van der Waals surface area contributed by atoms with Crippen molar-refractivity contribution in [3.8, 4) is 5.75 Å². The van der Waals surface area contributed by atoms with Gasteiger partial charge in [0, 0.05) is 5.56 Å². The topological polar surface area (TPSA) is 35.2 Å². The van der Waals surface area contributed by atoms with Gasteiger partial charge in [0.25, 0.3) is 0 Å². The van der Waals surface area contributed by atoms with Crippen LogP contribution in [0.2, 0.25) is 0 Å². The second-order valence-corrected chi connectivity index (χ2v) is 4.79. The molecule has 0 atom stereocenters. The largest absolute Gasteiger partial charge is 0.489 e. The molecule has 0 unspecified atom stereocenters. The van der Waals surface area contributed by atoms with Gasteiger partial charge in [-0.15, -0.1) is 0 Å². The first-order valence-electron chi connectivity index (χ1n) is 6.29. The number of thiocarbonyl (C=S) groups is 1. The molecule has 0 amide bonds. The van der Waals surface area contributed by atoms with Crippen molar-refractivity contribution in [2.75, 3.05) is 0 Å². The predicted molar refractivity (Wildman–Crippen MR) is 82.5 cm³/mol. The molecule has 2 aromatic rings. The number of hydrogen-bond donors (Lipinski definition) is 1. The fraction of sp³-hybridized carbons (Fsp3) is 0.188. The van der Waals surface area contributed by atoms with Crippen LogP contribution in [0, 0.1) is 0 Å². The Balaban J connectivity index is 1.95. The number of rotatable bonds is 5. The quantitative estimate of drug-likeness (QED) is 0.846. The summed E-state index contributed by atoms with van der Waals surface area (Å²) in [6.07, 6.45) is 1.04. The third kappa shape index (κ3) is 3.80. The van der Waals surface area contributed by atoms with E-state index in [1.54, 1.807) is 0 Å². The van der Waals surface area contributed by atoms with Crippen LogP contribution < -0.4 is 10.5 Å². The number of nitrogens with two attached hydrogens (primary N) is 1. The highest BCUT2D eigenvalue weighted by Crippen LogP contribution is 2.15. The molecule has 0 heterocycles. The maximum atomic E-state index is 5.73. The average Bonchev–Trinajstić information content (AvgIpc) is 2.46. The van der Waals surface area contributed by atoms with Crippen molar-refractivity contribution in [2.45, 2.75) is 20.0 Å². The van der Waals surface area contributed by atoms with E-state index in [1.807, 2.05) is 36.4 Å². The first kappa shape index (κ1) is 13.6. The SMILES string of the molecule is CCc1ccc(OCc2ccc(C(N)=S)cc2)cc1. The molecule has 0 aromatic heterocycles. The van der Waals surface area contributed by atoms with Gasteiger partial charge >= 0.3 is 0 Å². The first-order chi connectivity index (χ1) is 9.19. The molecule has 0 fully saturated rings. The zero-order valence-electron chi connectivity index (χ0n) is 10.9. The predicted octanol–water partition coefficient (Wildman–Crippen LogP) is 3.46. The van der Waals surface area contributed by atoms with Gasteiger partial charge in [-0.3, -0.25) is 0 Å². The normalized spacial score (nSPS) is 10.2. The Morgan fingerprint density at radius 3 is 2.11 bits per heavy atom. The van der Waals surface area contributed by atoms with E-state index in [2.05, 4.69) is 19.1 Å². The van der Waals surface area contributed by atoms with E-state index in [1.165, 1.54) is 5.56 Å². The van der Waals surface area contributed by atoms with Gasteiger partial charge in [0.05, 0.1) is 0 Å². The average molecular weight is 271 g/mol. The summed E-state index contributed by atoms with van der Waals surface area (Å²) < 4.78 is 5.73. The van der Waals surface area contributed by atoms with E-state index in [-0.39, 0.29) is 0 Å². The maximum Gasteiger partial charge on any atom is 0.119 e. The van der Waals surface area contributed by atoms with Crippen LogP contribution in [-0.4, -0.2) is 4.99 Å². The van der Waals surface area contributed by atoms with E-state index >= 15 is 0 Å². The minimum Gasteiger partial charge on any atom is -0.489 e. The van der Waals surface area contributed by atoms with Crippen LogP contribution in [0.5, 0.6) is 5.75 Å². The van der Waals surface area contributed by atoms with Crippen LogP contribution in [0.4, 0.5) is 0 Å². The molecule has 98 valence electrons. The molecule has 0 bridgehead atoms. The summed E-state index contributed by atoms with van der Waals surface area (Å²) in [6.45, 7) is 2.68. The number of ether oxygens (including phenoxy) is 1. The summed E-state index contributed by atoms with van der Waals surface area (Å²) in [5, 5.41) is 0. The van der Waals surface area contributed by atoms with Gasteiger partial charge in [-0.05, 0) is 29.7 Å². The molecule has 19 heavy (non-hydrogen) atoms. The molecule has 2 rings (SSSR count). The van der Waals surface area contributed by atoms with Gasteiger partial charge in [-0.2, -0.15) is 0 Å². The lowest BCUT2D eigenvalue weighted by atomic mass is 10.1. The minimum atomic E-state index is 0.419. The van der Waals surface area contributed by atoms with Crippen molar-refractivity contribution in [1.29, 1.82) is 0 Å². The van der Waals surface area contributed by atoms with E-state index in [4.69, 9.17) is 22.7 Å². The van der Waals surface area contributed by atoms with Crippen LogP contribution in [0.1, 0.15) is 23.6 Å². The van der Waals surface area contributed by atoms with Crippen LogP contribution in [-0.2, 0) is 13.0 Å². The Labute approximate surface area is 119 Å². The van der Waals surface area contributed by atoms with Gasteiger partial charge < -0.3 is 10.5 Å². The molecule has 3 heteroatoms. The summed E-state index contributed by atoms with van der Waals surface area (Å²) in [6, 6.07) is 16.0. The monoisotopic (exact) mass is 271 g/mol. The molecule has 0 saturated carbocycles. The van der Waals surface area contributed by atoms with Gasteiger partial charge in [-0.1, -0.05) is 55.5 Å². The molecular formula is C16H17NOS. The van der Waals surface area contributed by atoms with E-state index < -0.39 is 0 Å². The maximum absolute atomic E-state index is 5.73. The number of aryl methyl sites for hydroxylation is 1. The summed E-state index contributed by atoms with van der Waals surface area (Å²) in [5.41, 5.74) is 8.85. The third-order valence-corrected chi connectivity index (χ3v) is 3.21. The molecule has 2 nitrogen and oxygen atoms in total. The van der Waals surface area contributed by atoms with E-state index in [9.17, 15) is 0 Å². The zero-order chi connectivity index (χ0) is 13.7. The van der Waals surface area contributed by atoms with Crippen LogP contribution in [0.15, 0.2) is 48.5 Å². The first-order valence-corrected chi connectivity index (χ1v) is 6.70. The molecule has 0 aliphatic heterocycles. The van der Waals surface area contributed by atoms with E-state index in [0.29, 0.717) is 11.6 Å². The summed E-state index contributed by atoms with van der Waals surface area (Å²) in [7, 11) is 0. The molecule has 0 radical (unpaired) electrons. The molecule has 0 saturated heterocycles. The molecule has 2 N–H and O–H groups in total. The highest BCUT2D eigenvalue weighted by atomic mass is 32.1. The smallest absolute Gasteiger partial charge is 0.119 e. The van der Waals surface area contributed by atoms with Crippen molar-refractivity contribution in [3.63, 3.8) is 0 Å². The second-order valence-electron chi connectivity index (χ2n) is 4.35. The van der Waals surface area contributed by atoms with Crippen LogP contribution >= 0.6 is 12.2 Å². The fourth-order valence-electron chi connectivity index (χ4n) is 1.75. The number of hydrogen-bond acceptors (Lipinski definition) is 2. The molecule has 0 aliphatic rings. The minimum absolute atomic E-state index is 0.419. The van der Waals surface area contributed by atoms with Crippen LogP contribution in [0.3, 0.4) is 0 Å². The third-order valence-electron chi connectivity index (χ3n) is 2.98. The molecule has 0 aliphatic carbocycles. The Kier molecular flexibility index (Phi) is 4.53. The van der Waals surface area contributed by atoms with Crippen molar-refractivity contribution in [2.24, 2.45) is 5.73 Å². The molecule has 0 spiro atoms. The second kappa shape index (κ2) is 6.34. The van der Waals surface area contributed by atoms with Gasteiger partial charge in [-0.25, -0.2) is 0 Å². The molecule has 2 aromatic carbocycles. The Hall–Kier alpha value is -1.87. The summed E-state index contributed by atoms with van der Waals surface area (Å²) in [5.74, 6) is 0.885. The zero-order valence-corrected chi connectivity index (χ0v) is 11.7. The standard InChI is InChI=1S/C16H17NOS/c1-2-12-5-9-15(10-6-12)18-11-13-3-7-14(8-4-13)16(17)19/h3-10H,2,11H2,1H3,(H2,17,19). The van der Waals surface area contributed by atoms with Crippen molar-refractivity contribution in [1.82, 2.24) is 0 Å². The Morgan fingerprint density at radius 1 is 1.00 bits per heavy atom. The van der Waals surface area contributed by atoms with E-state index in [0.717, 1.165) is 23.3 Å². The lowest BCUT2D eigenvalue weighted by Crippen LogP contribution is -2.09. The summed E-state index contributed by atoms with van der Waals surface area (Å²) >= 11 is 4.92. The lowest BCUT2D eigenvalue weighted by Gasteiger charge is -2.07. The summed E-state index contributed by atoms with van der Waals surface area (Å²) in [4.78, 5) is 0.419. The van der Waals surface area contributed by atoms with Crippen molar-refractivity contribution in [3.05, 3.63) is 65.2 Å². The van der Waals surface area contributed by atoms with Crippen LogP contribution in [0.25, 0.3) is 0 Å². The Morgan fingerprint density at radius 2 is 1.58 bits per heavy atom. The van der Waals surface area contributed by atoms with Crippen molar-refractivity contribution < 1.29 is 4.74 Å². The van der Waals surface area contributed by atoms with Gasteiger partial charge in [0.15, 0.2) is 0 Å². The number of benzene rings is 2. The van der Waals surface area contributed by atoms with Crippen molar-refractivity contribution >= 4 is 17.2 Å². The molecular weight excluding hydrogens is 254 g/mol. The van der Waals surface area contributed by atoms with Gasteiger partial charge in [0.1, 0.15) is 17.3 Å². The Bertz CT molecular complexity index is 546. The fourth-order valence-corrected chi connectivity index (χ4v) is 1.89. The van der Waals surface area contributed by atoms with Gasteiger partial charge in [0.2, 0.25) is 0 Å². The highest BCUT2D eigenvalue weighted by Gasteiger charge is 1.99. The highest BCUT2D eigenvalue weighted by molar-refractivity contribution is 7.80. The lowest BCUT2D eigenvalue weighted by molar-refractivity contribution is 0.306.